The summed E-state index contributed by atoms with van der Waals surface area (Å²) >= 11 is 0. The fourth-order valence-electron chi connectivity index (χ4n) is 1.66. The maximum absolute atomic E-state index is 9.31. The quantitative estimate of drug-likeness (QED) is 0.742. The molecule has 0 fully saturated rings. The van der Waals surface area contributed by atoms with Crippen molar-refractivity contribution in [3.63, 3.8) is 0 Å². The van der Waals surface area contributed by atoms with E-state index in [2.05, 4.69) is 29.1 Å². The summed E-state index contributed by atoms with van der Waals surface area (Å²) in [4.78, 5) is 8.16. The molecule has 1 aromatic rings. The van der Waals surface area contributed by atoms with E-state index < -0.39 is 0 Å². The smallest absolute Gasteiger partial charge is 0.218 e. The molecule has 1 rings (SSSR count). The van der Waals surface area contributed by atoms with Crippen LogP contribution in [0.5, 0.6) is 5.88 Å². The molecule has 0 amide bonds. The van der Waals surface area contributed by atoms with Crippen molar-refractivity contribution >= 4 is 5.82 Å². The van der Waals surface area contributed by atoms with Gasteiger partial charge in [0.2, 0.25) is 5.88 Å². The zero-order valence-corrected chi connectivity index (χ0v) is 11.4. The lowest BCUT2D eigenvalue weighted by Crippen LogP contribution is -2.26. The molecule has 1 unspecified atom stereocenters. The minimum absolute atomic E-state index is 0.0129. The van der Waals surface area contributed by atoms with E-state index in [-0.39, 0.29) is 12.6 Å². The van der Waals surface area contributed by atoms with Crippen molar-refractivity contribution in [2.24, 2.45) is 5.92 Å². The van der Waals surface area contributed by atoms with Gasteiger partial charge >= 0.3 is 0 Å². The lowest BCUT2D eigenvalue weighted by atomic mass is 10.0. The number of anilines is 1. The lowest BCUT2D eigenvalue weighted by Gasteiger charge is -2.18. The molecule has 0 aliphatic heterocycles. The van der Waals surface area contributed by atoms with Gasteiger partial charge in [-0.05, 0) is 18.8 Å². The van der Waals surface area contributed by atoms with Gasteiger partial charge in [0, 0.05) is 6.07 Å². The average molecular weight is 253 g/mol. The summed E-state index contributed by atoms with van der Waals surface area (Å²) < 4.78 is 5.44. The second-order valence-electron chi connectivity index (χ2n) is 4.74. The predicted octanol–water partition coefficient (Wildman–Crippen LogP) is 2.08. The van der Waals surface area contributed by atoms with Crippen molar-refractivity contribution in [1.82, 2.24) is 9.97 Å². The third kappa shape index (κ3) is 5.31. The van der Waals surface area contributed by atoms with E-state index in [1.165, 1.54) is 6.33 Å². The Labute approximate surface area is 109 Å². The van der Waals surface area contributed by atoms with Crippen LogP contribution in [0, 0.1) is 5.92 Å². The molecule has 102 valence electrons. The van der Waals surface area contributed by atoms with Crippen molar-refractivity contribution < 1.29 is 9.84 Å². The topological polar surface area (TPSA) is 67.3 Å². The van der Waals surface area contributed by atoms with Gasteiger partial charge in [-0.2, -0.15) is 0 Å². The molecule has 0 aliphatic carbocycles. The molecule has 0 aliphatic rings. The Morgan fingerprint density at radius 3 is 2.78 bits per heavy atom. The Morgan fingerprint density at radius 2 is 2.17 bits per heavy atom. The second kappa shape index (κ2) is 7.87. The van der Waals surface area contributed by atoms with Gasteiger partial charge in [0.15, 0.2) is 0 Å². The van der Waals surface area contributed by atoms with E-state index in [0.717, 1.165) is 12.8 Å². The Hall–Kier alpha value is -1.36. The molecule has 5 heteroatoms. The third-order valence-corrected chi connectivity index (χ3v) is 2.42. The van der Waals surface area contributed by atoms with Crippen LogP contribution in [-0.4, -0.2) is 34.3 Å². The number of nitrogens with one attached hydrogen (secondary N) is 1. The Bertz CT molecular complexity index is 345. The first-order valence-corrected chi connectivity index (χ1v) is 6.48. The lowest BCUT2D eigenvalue weighted by molar-refractivity contribution is 0.259. The van der Waals surface area contributed by atoms with E-state index >= 15 is 0 Å². The SMILES string of the molecule is CCCOc1cc(NC(CO)CC(C)C)ncn1. The predicted molar refractivity (Wildman–Crippen MR) is 71.8 cm³/mol. The number of nitrogens with zero attached hydrogens (tertiary/aromatic N) is 2. The van der Waals surface area contributed by atoms with Crippen molar-refractivity contribution in [2.75, 3.05) is 18.5 Å². The van der Waals surface area contributed by atoms with E-state index in [0.29, 0.717) is 24.2 Å². The summed E-state index contributed by atoms with van der Waals surface area (Å²) in [5, 5.41) is 12.5. The van der Waals surface area contributed by atoms with Gasteiger partial charge in [-0.25, -0.2) is 9.97 Å². The Balaban J connectivity index is 2.59. The van der Waals surface area contributed by atoms with Crippen molar-refractivity contribution in [1.29, 1.82) is 0 Å². The van der Waals surface area contributed by atoms with Crippen LogP contribution in [0.3, 0.4) is 0 Å². The summed E-state index contributed by atoms with van der Waals surface area (Å²) in [7, 11) is 0. The summed E-state index contributed by atoms with van der Waals surface area (Å²) in [6.45, 7) is 7.03. The highest BCUT2D eigenvalue weighted by atomic mass is 16.5. The largest absolute Gasteiger partial charge is 0.478 e. The highest BCUT2D eigenvalue weighted by molar-refractivity contribution is 5.38. The summed E-state index contributed by atoms with van der Waals surface area (Å²) in [6.07, 6.45) is 3.31. The number of aromatic nitrogens is 2. The molecule has 0 radical (unpaired) electrons. The number of aliphatic hydroxyl groups excluding tert-OH is 1. The van der Waals surface area contributed by atoms with Crippen molar-refractivity contribution in [3.8, 4) is 5.88 Å². The fraction of sp³-hybridized carbons (Fsp3) is 0.692. The van der Waals surface area contributed by atoms with Crippen LogP contribution in [0.25, 0.3) is 0 Å². The van der Waals surface area contributed by atoms with Gasteiger partial charge in [-0.15, -0.1) is 0 Å². The van der Waals surface area contributed by atoms with E-state index in [9.17, 15) is 5.11 Å². The van der Waals surface area contributed by atoms with Crippen LogP contribution in [0.4, 0.5) is 5.82 Å². The van der Waals surface area contributed by atoms with E-state index in [1.54, 1.807) is 6.07 Å². The summed E-state index contributed by atoms with van der Waals surface area (Å²) in [5.74, 6) is 1.78. The zero-order chi connectivity index (χ0) is 13.4. The molecule has 0 spiro atoms. The van der Waals surface area contributed by atoms with Gasteiger partial charge in [0.1, 0.15) is 12.1 Å². The number of ether oxygens (including phenoxy) is 1. The molecule has 0 aromatic carbocycles. The summed E-state index contributed by atoms with van der Waals surface area (Å²) in [5.41, 5.74) is 0. The van der Waals surface area contributed by atoms with Gasteiger partial charge in [0.25, 0.3) is 0 Å². The van der Waals surface area contributed by atoms with Crippen LogP contribution in [0.15, 0.2) is 12.4 Å². The van der Waals surface area contributed by atoms with Gasteiger partial charge in [-0.3, -0.25) is 0 Å². The first kappa shape index (κ1) is 14.7. The van der Waals surface area contributed by atoms with Crippen molar-refractivity contribution in [2.45, 2.75) is 39.7 Å². The molecule has 1 aromatic heterocycles. The Kier molecular flexibility index (Phi) is 6.43. The first-order chi connectivity index (χ1) is 8.65. The average Bonchev–Trinajstić information content (AvgIpc) is 2.35. The third-order valence-electron chi connectivity index (χ3n) is 2.42. The van der Waals surface area contributed by atoms with Crippen LogP contribution >= 0.6 is 0 Å². The van der Waals surface area contributed by atoms with Crippen LogP contribution in [0.2, 0.25) is 0 Å². The van der Waals surface area contributed by atoms with Gasteiger partial charge in [0.05, 0.1) is 19.3 Å². The minimum Gasteiger partial charge on any atom is -0.478 e. The van der Waals surface area contributed by atoms with Crippen LogP contribution in [0.1, 0.15) is 33.6 Å². The van der Waals surface area contributed by atoms with E-state index in [1.807, 2.05) is 6.92 Å². The monoisotopic (exact) mass is 253 g/mol. The highest BCUT2D eigenvalue weighted by Crippen LogP contribution is 2.14. The molecule has 2 N–H and O–H groups in total. The zero-order valence-electron chi connectivity index (χ0n) is 11.4. The maximum atomic E-state index is 9.31. The minimum atomic E-state index is 0.0129. The Morgan fingerprint density at radius 1 is 1.39 bits per heavy atom. The summed E-state index contributed by atoms with van der Waals surface area (Å²) in [6, 6.07) is 1.78. The second-order valence-corrected chi connectivity index (χ2v) is 4.74. The number of hydrogen-bond donors (Lipinski definition) is 2. The standard InChI is InChI=1S/C13H23N3O2/c1-4-5-18-13-7-12(14-9-15-13)16-11(8-17)6-10(2)3/h7,9-11,17H,4-6,8H2,1-3H3,(H,14,15,16). The van der Waals surface area contributed by atoms with Gasteiger partial charge in [-0.1, -0.05) is 20.8 Å². The number of rotatable bonds is 8. The molecule has 5 nitrogen and oxygen atoms in total. The molecule has 18 heavy (non-hydrogen) atoms. The van der Waals surface area contributed by atoms with Crippen LogP contribution < -0.4 is 10.1 Å². The van der Waals surface area contributed by atoms with E-state index in [4.69, 9.17) is 4.74 Å². The molecule has 0 saturated heterocycles. The molecule has 0 saturated carbocycles. The number of hydrogen-bond acceptors (Lipinski definition) is 5. The fourth-order valence-corrected chi connectivity index (χ4v) is 1.66. The maximum Gasteiger partial charge on any atom is 0.218 e. The molecular formula is C13H23N3O2. The highest BCUT2D eigenvalue weighted by Gasteiger charge is 2.10. The molecule has 1 atom stereocenters. The molecule has 1 heterocycles. The number of aliphatic hydroxyl groups is 1. The first-order valence-electron chi connectivity index (χ1n) is 6.48. The molecule has 0 bridgehead atoms. The normalized spacial score (nSPS) is 12.5. The molecular weight excluding hydrogens is 230 g/mol. The van der Waals surface area contributed by atoms with Gasteiger partial charge < -0.3 is 15.2 Å². The van der Waals surface area contributed by atoms with Crippen LogP contribution in [-0.2, 0) is 0 Å². The van der Waals surface area contributed by atoms with Crippen molar-refractivity contribution in [3.05, 3.63) is 12.4 Å².